The van der Waals surface area contributed by atoms with E-state index < -0.39 is 0 Å². The standard InChI is InChI=1S/C19H28O3/c1-5-6-7-8-16-9-10-17(22-14(2)3)11-19(16)15(4)20-12-18-13-21-18/h7-11,14-15,18H,5-6,12-13H2,1-4H3/b8-7+/t15-,18+/m1/s1. The molecule has 1 aromatic rings. The lowest BCUT2D eigenvalue weighted by molar-refractivity contribution is 0.0536. The van der Waals surface area contributed by atoms with E-state index in [1.807, 2.05) is 19.9 Å². The van der Waals surface area contributed by atoms with Crippen molar-refractivity contribution in [2.24, 2.45) is 0 Å². The number of epoxide rings is 1. The highest BCUT2D eigenvalue weighted by Crippen LogP contribution is 2.28. The lowest BCUT2D eigenvalue weighted by atomic mass is 10.0. The predicted octanol–water partition coefficient (Wildman–Crippen LogP) is 4.76. The highest BCUT2D eigenvalue weighted by molar-refractivity contribution is 5.56. The Hall–Kier alpha value is -1.32. The van der Waals surface area contributed by atoms with Crippen LogP contribution in [0, 0.1) is 0 Å². The van der Waals surface area contributed by atoms with Gasteiger partial charge in [-0.15, -0.1) is 0 Å². The molecule has 2 rings (SSSR count). The van der Waals surface area contributed by atoms with Crippen LogP contribution in [0.15, 0.2) is 24.3 Å². The molecular weight excluding hydrogens is 276 g/mol. The van der Waals surface area contributed by atoms with Gasteiger partial charge in [-0.25, -0.2) is 0 Å². The number of benzene rings is 1. The van der Waals surface area contributed by atoms with E-state index in [-0.39, 0.29) is 18.3 Å². The van der Waals surface area contributed by atoms with Crippen LogP contribution in [0.5, 0.6) is 5.75 Å². The zero-order valence-corrected chi connectivity index (χ0v) is 14.2. The Labute approximate surface area is 134 Å². The first-order valence-corrected chi connectivity index (χ1v) is 8.30. The van der Waals surface area contributed by atoms with Crippen molar-refractivity contribution in [3.05, 3.63) is 35.4 Å². The van der Waals surface area contributed by atoms with Crippen molar-refractivity contribution in [1.82, 2.24) is 0 Å². The first kappa shape index (κ1) is 17.0. The van der Waals surface area contributed by atoms with Gasteiger partial charge < -0.3 is 14.2 Å². The second-order valence-electron chi connectivity index (χ2n) is 6.08. The first-order valence-electron chi connectivity index (χ1n) is 8.30. The maximum atomic E-state index is 5.94. The zero-order valence-electron chi connectivity index (χ0n) is 14.2. The van der Waals surface area contributed by atoms with Gasteiger partial charge >= 0.3 is 0 Å². The van der Waals surface area contributed by atoms with Crippen LogP contribution in [0.1, 0.15) is 57.8 Å². The Morgan fingerprint density at radius 1 is 1.32 bits per heavy atom. The van der Waals surface area contributed by atoms with Crippen LogP contribution in [0.4, 0.5) is 0 Å². The van der Waals surface area contributed by atoms with E-state index in [4.69, 9.17) is 14.2 Å². The van der Waals surface area contributed by atoms with E-state index in [1.165, 1.54) is 11.1 Å². The third-order valence-electron chi connectivity index (χ3n) is 3.56. The molecule has 0 aromatic heterocycles. The fourth-order valence-corrected chi connectivity index (χ4v) is 2.28. The Bertz CT molecular complexity index is 489. The summed E-state index contributed by atoms with van der Waals surface area (Å²) in [7, 11) is 0. The number of allylic oxidation sites excluding steroid dienone is 1. The molecule has 2 atom stereocenters. The lowest BCUT2D eigenvalue weighted by Crippen LogP contribution is -2.09. The molecule has 1 aromatic carbocycles. The highest BCUT2D eigenvalue weighted by Gasteiger charge is 2.24. The van der Waals surface area contributed by atoms with Gasteiger partial charge in [-0.2, -0.15) is 0 Å². The van der Waals surface area contributed by atoms with Crippen molar-refractivity contribution >= 4 is 6.08 Å². The lowest BCUT2D eigenvalue weighted by Gasteiger charge is -2.18. The van der Waals surface area contributed by atoms with E-state index in [9.17, 15) is 0 Å². The Morgan fingerprint density at radius 2 is 2.09 bits per heavy atom. The summed E-state index contributed by atoms with van der Waals surface area (Å²) in [6, 6.07) is 6.25. The van der Waals surface area contributed by atoms with E-state index in [1.54, 1.807) is 0 Å². The van der Waals surface area contributed by atoms with Crippen LogP contribution in [0.25, 0.3) is 6.08 Å². The minimum atomic E-state index is 0.0289. The number of hydrogen-bond acceptors (Lipinski definition) is 3. The molecule has 0 spiro atoms. The van der Waals surface area contributed by atoms with Gasteiger partial charge in [0, 0.05) is 0 Å². The van der Waals surface area contributed by atoms with Crippen LogP contribution in [0.3, 0.4) is 0 Å². The quantitative estimate of drug-likeness (QED) is 0.616. The molecule has 0 amide bonds. The minimum absolute atomic E-state index is 0.0289. The van der Waals surface area contributed by atoms with Crippen LogP contribution in [0.2, 0.25) is 0 Å². The van der Waals surface area contributed by atoms with Gasteiger partial charge in [0.1, 0.15) is 11.9 Å². The normalized spacial score (nSPS) is 18.9. The van der Waals surface area contributed by atoms with Crippen molar-refractivity contribution in [3.63, 3.8) is 0 Å². The molecule has 0 aliphatic carbocycles. The fourth-order valence-electron chi connectivity index (χ4n) is 2.28. The van der Waals surface area contributed by atoms with Crippen molar-refractivity contribution in [3.8, 4) is 5.75 Å². The molecule has 122 valence electrons. The van der Waals surface area contributed by atoms with Crippen LogP contribution < -0.4 is 4.74 Å². The Morgan fingerprint density at radius 3 is 2.73 bits per heavy atom. The second-order valence-corrected chi connectivity index (χ2v) is 6.08. The topological polar surface area (TPSA) is 31.0 Å². The third kappa shape index (κ3) is 5.47. The van der Waals surface area contributed by atoms with Crippen molar-refractivity contribution in [2.75, 3.05) is 13.2 Å². The molecule has 1 fully saturated rings. The van der Waals surface area contributed by atoms with Gasteiger partial charge in [0.25, 0.3) is 0 Å². The summed E-state index contributed by atoms with van der Waals surface area (Å²) in [5.74, 6) is 0.899. The van der Waals surface area contributed by atoms with Crippen molar-refractivity contribution in [1.29, 1.82) is 0 Å². The van der Waals surface area contributed by atoms with Gasteiger partial charge in [0.2, 0.25) is 0 Å². The smallest absolute Gasteiger partial charge is 0.120 e. The minimum Gasteiger partial charge on any atom is -0.491 e. The molecule has 1 aliphatic heterocycles. The van der Waals surface area contributed by atoms with Gasteiger partial charge in [-0.3, -0.25) is 0 Å². The summed E-state index contributed by atoms with van der Waals surface area (Å²) >= 11 is 0. The second kappa shape index (κ2) is 8.35. The molecule has 0 saturated carbocycles. The molecular formula is C19H28O3. The molecule has 1 saturated heterocycles. The monoisotopic (exact) mass is 304 g/mol. The average molecular weight is 304 g/mol. The van der Waals surface area contributed by atoms with Crippen LogP contribution in [-0.2, 0) is 9.47 Å². The molecule has 1 heterocycles. The number of unbranched alkanes of at least 4 members (excludes halogenated alkanes) is 1. The van der Waals surface area contributed by atoms with E-state index in [2.05, 4.69) is 38.1 Å². The average Bonchev–Trinajstić information content (AvgIpc) is 3.30. The molecule has 1 aliphatic rings. The number of hydrogen-bond donors (Lipinski definition) is 0. The summed E-state index contributed by atoms with van der Waals surface area (Å²) in [6.45, 7) is 9.85. The van der Waals surface area contributed by atoms with Crippen molar-refractivity contribution < 1.29 is 14.2 Å². The molecule has 0 N–H and O–H groups in total. The number of rotatable bonds is 9. The molecule has 3 nitrogen and oxygen atoms in total. The predicted molar refractivity (Wildman–Crippen MR) is 90.3 cm³/mol. The summed E-state index contributed by atoms with van der Waals surface area (Å²) in [4.78, 5) is 0. The van der Waals surface area contributed by atoms with E-state index in [0.29, 0.717) is 6.61 Å². The third-order valence-corrected chi connectivity index (χ3v) is 3.56. The van der Waals surface area contributed by atoms with Gasteiger partial charge in [-0.05, 0) is 50.5 Å². The molecule has 0 radical (unpaired) electrons. The van der Waals surface area contributed by atoms with Gasteiger partial charge in [0.05, 0.1) is 25.4 Å². The summed E-state index contributed by atoms with van der Waals surface area (Å²) in [5.41, 5.74) is 2.37. The summed E-state index contributed by atoms with van der Waals surface area (Å²) < 4.78 is 17.0. The molecule has 3 heteroatoms. The maximum absolute atomic E-state index is 5.94. The SMILES string of the molecule is CCC/C=C/c1ccc(OC(C)C)cc1[C@@H](C)OC[C@H]1CO1. The van der Waals surface area contributed by atoms with Crippen LogP contribution in [-0.4, -0.2) is 25.4 Å². The van der Waals surface area contributed by atoms with Crippen LogP contribution >= 0.6 is 0 Å². The Balaban J connectivity index is 2.14. The summed E-state index contributed by atoms with van der Waals surface area (Å²) in [5, 5.41) is 0. The van der Waals surface area contributed by atoms with E-state index in [0.717, 1.165) is 25.2 Å². The molecule has 22 heavy (non-hydrogen) atoms. The van der Waals surface area contributed by atoms with Gasteiger partial charge in [-0.1, -0.05) is 31.6 Å². The Kier molecular flexibility index (Phi) is 6.47. The number of ether oxygens (including phenoxy) is 3. The maximum Gasteiger partial charge on any atom is 0.120 e. The first-order chi connectivity index (χ1) is 10.6. The largest absolute Gasteiger partial charge is 0.491 e. The summed E-state index contributed by atoms with van der Waals surface area (Å²) in [6.07, 6.45) is 7.15. The van der Waals surface area contributed by atoms with Gasteiger partial charge in [0.15, 0.2) is 0 Å². The zero-order chi connectivity index (χ0) is 15.9. The van der Waals surface area contributed by atoms with E-state index >= 15 is 0 Å². The molecule has 0 unspecified atom stereocenters. The molecule has 0 bridgehead atoms. The fraction of sp³-hybridized carbons (Fsp3) is 0.579. The highest BCUT2D eigenvalue weighted by atomic mass is 16.6. The van der Waals surface area contributed by atoms with Crippen molar-refractivity contribution in [2.45, 2.75) is 58.8 Å².